The molecule has 13 heteroatoms. The molecule has 56 heavy (non-hydrogen) atoms. The molecule has 1 atom stereocenters. The van der Waals surface area contributed by atoms with Gasteiger partial charge in [-0.05, 0) is 117 Å². The summed E-state index contributed by atoms with van der Waals surface area (Å²) >= 11 is 6.26. The molecule has 290 valence electrons. The molecule has 0 radical (unpaired) electrons. The maximum atomic E-state index is 13.7. The number of carbonyl (C=O) groups is 5. The number of halogens is 1. The molecule has 4 heterocycles. The van der Waals surface area contributed by atoms with E-state index in [-0.39, 0.29) is 42.0 Å². The average molecular weight is 776 g/mol. The first-order chi connectivity index (χ1) is 27.0. The van der Waals surface area contributed by atoms with Crippen LogP contribution in [0.1, 0.15) is 99.9 Å². The highest BCUT2D eigenvalue weighted by Crippen LogP contribution is 2.35. The standard InChI is InChI=1S/C43H46ClN7O5/c1-48(35-9-6-29(21-45)37(44)20-35)34-10-7-33(8-11-34)46-40(53)27-4-2-26(3-5-27)22-49-16-14-28(15-17-49)42(55)50-23-30-18-32-25-51(38-12-13-39(52)47-41(38)54)43(56)36(32)19-31(30)24-50/h2-6,9,18-20,28,33-34,38H,7-8,10-17,22-25H2,1H3,(H,46,53)(H,47,52,54)/t33-,34-,38-/m0/s1. The maximum Gasteiger partial charge on any atom is 0.255 e. The number of likely N-dealkylation sites (tertiary alicyclic amines) is 1. The second-order valence-corrected chi connectivity index (χ2v) is 16.4. The Morgan fingerprint density at radius 1 is 0.893 bits per heavy atom. The van der Waals surface area contributed by atoms with Crippen molar-refractivity contribution in [2.45, 2.75) is 95.7 Å². The van der Waals surface area contributed by atoms with Crippen LogP contribution in [0, 0.1) is 17.2 Å². The zero-order chi connectivity index (χ0) is 39.1. The fraction of sp³-hybridized carbons (Fsp3) is 0.442. The quantitative estimate of drug-likeness (QED) is 0.308. The maximum absolute atomic E-state index is 13.7. The minimum absolute atomic E-state index is 0.0481. The van der Waals surface area contributed by atoms with Gasteiger partial charge in [0.25, 0.3) is 11.8 Å². The van der Waals surface area contributed by atoms with Crippen molar-refractivity contribution < 1.29 is 24.0 Å². The van der Waals surface area contributed by atoms with Gasteiger partial charge in [-0.2, -0.15) is 5.26 Å². The Morgan fingerprint density at radius 3 is 2.29 bits per heavy atom. The van der Waals surface area contributed by atoms with Gasteiger partial charge in [0.2, 0.25) is 17.7 Å². The third kappa shape index (κ3) is 7.62. The molecular weight excluding hydrogens is 730 g/mol. The zero-order valence-electron chi connectivity index (χ0n) is 31.6. The first-order valence-corrected chi connectivity index (χ1v) is 20.0. The molecule has 0 unspecified atom stereocenters. The molecule has 2 N–H and O–H groups in total. The third-order valence-electron chi connectivity index (χ3n) is 12.5. The summed E-state index contributed by atoms with van der Waals surface area (Å²) in [6.45, 7) is 3.71. The summed E-state index contributed by atoms with van der Waals surface area (Å²) in [5, 5.41) is 15.2. The highest BCUT2D eigenvalue weighted by molar-refractivity contribution is 6.32. The highest BCUT2D eigenvalue weighted by Gasteiger charge is 2.41. The SMILES string of the molecule is CN(c1ccc(C#N)c(Cl)c1)[C@H]1CC[C@H](NC(=O)c2ccc(CN3CCC(C(=O)N4Cc5cc6c(cc5C4)C(=O)N([C@H]4CCC(=O)NC4=O)C6)CC3)cc2)CC1. The van der Waals surface area contributed by atoms with Crippen LogP contribution in [0.25, 0.3) is 0 Å². The largest absolute Gasteiger partial charge is 0.372 e. The number of nitrogens with one attached hydrogen (secondary N) is 2. The Kier molecular flexibility index (Phi) is 10.6. The number of benzene rings is 3. The van der Waals surface area contributed by atoms with E-state index in [2.05, 4.69) is 33.6 Å². The molecule has 3 aromatic carbocycles. The Hall–Kier alpha value is -5.25. The van der Waals surface area contributed by atoms with Gasteiger partial charge in [-0.1, -0.05) is 29.8 Å². The van der Waals surface area contributed by atoms with E-state index in [1.54, 1.807) is 11.0 Å². The fourth-order valence-electron chi connectivity index (χ4n) is 9.15. The first kappa shape index (κ1) is 37.7. The van der Waals surface area contributed by atoms with Crippen molar-refractivity contribution in [2.75, 3.05) is 25.0 Å². The van der Waals surface area contributed by atoms with Crippen LogP contribution in [0.3, 0.4) is 0 Å². The van der Waals surface area contributed by atoms with Gasteiger partial charge in [-0.15, -0.1) is 0 Å². The molecule has 1 aliphatic carbocycles. The van der Waals surface area contributed by atoms with Crippen LogP contribution < -0.4 is 15.5 Å². The second kappa shape index (κ2) is 15.7. The van der Waals surface area contributed by atoms with E-state index in [0.29, 0.717) is 53.8 Å². The number of hydrogen-bond acceptors (Lipinski definition) is 8. The second-order valence-electron chi connectivity index (χ2n) is 16.0. The van der Waals surface area contributed by atoms with Gasteiger partial charge < -0.3 is 20.0 Å². The number of imide groups is 1. The summed E-state index contributed by atoms with van der Waals surface area (Å²) < 4.78 is 0. The molecule has 0 aromatic heterocycles. The topological polar surface area (TPSA) is 146 Å². The zero-order valence-corrected chi connectivity index (χ0v) is 32.3. The lowest BCUT2D eigenvalue weighted by Crippen LogP contribution is -2.52. The third-order valence-corrected chi connectivity index (χ3v) is 12.8. The molecule has 3 fully saturated rings. The predicted octanol–water partition coefficient (Wildman–Crippen LogP) is 4.90. The Balaban J connectivity index is 0.770. The van der Waals surface area contributed by atoms with Crippen LogP contribution in [0.2, 0.25) is 5.02 Å². The van der Waals surface area contributed by atoms with Crippen LogP contribution in [0.15, 0.2) is 54.6 Å². The number of carbonyl (C=O) groups excluding carboxylic acids is 5. The van der Waals surface area contributed by atoms with Crippen molar-refractivity contribution >= 4 is 46.8 Å². The number of anilines is 1. The molecule has 12 nitrogen and oxygen atoms in total. The molecule has 5 amide bonds. The average Bonchev–Trinajstić information content (AvgIpc) is 3.77. The van der Waals surface area contributed by atoms with E-state index in [4.69, 9.17) is 11.6 Å². The Bertz CT molecular complexity index is 2120. The van der Waals surface area contributed by atoms with Crippen molar-refractivity contribution in [3.63, 3.8) is 0 Å². The van der Waals surface area contributed by atoms with Gasteiger partial charge >= 0.3 is 0 Å². The van der Waals surface area contributed by atoms with E-state index >= 15 is 0 Å². The number of rotatable bonds is 8. The molecule has 3 aromatic rings. The summed E-state index contributed by atoms with van der Waals surface area (Å²) in [6, 6.07) is 19.2. The number of nitrogens with zero attached hydrogens (tertiary/aromatic N) is 5. The van der Waals surface area contributed by atoms with Gasteiger partial charge in [0.15, 0.2) is 0 Å². The van der Waals surface area contributed by atoms with Crippen molar-refractivity contribution in [1.29, 1.82) is 5.26 Å². The molecule has 5 aliphatic rings. The van der Waals surface area contributed by atoms with E-state index < -0.39 is 11.9 Å². The van der Waals surface area contributed by atoms with Gasteiger partial charge in [-0.25, -0.2) is 0 Å². The number of hydrogen-bond donors (Lipinski definition) is 2. The minimum Gasteiger partial charge on any atom is -0.372 e. The summed E-state index contributed by atoms with van der Waals surface area (Å²) in [4.78, 5) is 72.2. The van der Waals surface area contributed by atoms with Crippen molar-refractivity contribution in [3.8, 4) is 6.07 Å². The lowest BCUT2D eigenvalue weighted by molar-refractivity contribution is -0.138. The molecule has 8 rings (SSSR count). The van der Waals surface area contributed by atoms with E-state index in [0.717, 1.165) is 86.1 Å². The summed E-state index contributed by atoms with van der Waals surface area (Å²) in [6.07, 6.45) is 5.79. The minimum atomic E-state index is -0.642. The summed E-state index contributed by atoms with van der Waals surface area (Å²) in [7, 11) is 2.05. The normalized spacial score (nSPS) is 22.7. The van der Waals surface area contributed by atoms with E-state index in [1.165, 1.54) is 0 Å². The Morgan fingerprint density at radius 2 is 1.61 bits per heavy atom. The lowest BCUT2D eigenvalue weighted by Gasteiger charge is -2.36. The van der Waals surface area contributed by atoms with Crippen molar-refractivity contribution in [3.05, 3.63) is 98.6 Å². The fourth-order valence-corrected chi connectivity index (χ4v) is 9.36. The van der Waals surface area contributed by atoms with E-state index in [1.807, 2.05) is 53.4 Å². The molecule has 0 bridgehead atoms. The summed E-state index contributed by atoms with van der Waals surface area (Å²) in [5.41, 5.74) is 6.72. The smallest absolute Gasteiger partial charge is 0.255 e. The van der Waals surface area contributed by atoms with Crippen LogP contribution in [-0.4, -0.2) is 82.5 Å². The van der Waals surface area contributed by atoms with Crippen molar-refractivity contribution in [2.24, 2.45) is 5.92 Å². The van der Waals surface area contributed by atoms with Gasteiger partial charge in [0, 0.05) is 74.5 Å². The summed E-state index contributed by atoms with van der Waals surface area (Å²) in [5.74, 6) is -0.862. The molecule has 4 aliphatic heterocycles. The van der Waals surface area contributed by atoms with Gasteiger partial charge in [0.05, 0.1) is 10.6 Å². The lowest BCUT2D eigenvalue weighted by atomic mass is 9.90. The van der Waals surface area contributed by atoms with Crippen LogP contribution >= 0.6 is 11.6 Å². The van der Waals surface area contributed by atoms with Gasteiger partial charge in [0.1, 0.15) is 12.1 Å². The number of fused-ring (bicyclic) bond motifs is 2. The van der Waals surface area contributed by atoms with Crippen LogP contribution in [-0.2, 0) is 40.6 Å². The first-order valence-electron chi connectivity index (χ1n) is 19.7. The van der Waals surface area contributed by atoms with Crippen molar-refractivity contribution in [1.82, 2.24) is 25.3 Å². The number of amides is 5. The van der Waals surface area contributed by atoms with Crippen LogP contribution in [0.4, 0.5) is 5.69 Å². The number of piperidine rings is 2. The molecule has 0 spiro atoms. The van der Waals surface area contributed by atoms with E-state index in [9.17, 15) is 29.2 Å². The molecule has 1 saturated carbocycles. The molecule has 2 saturated heterocycles. The number of nitriles is 1. The predicted molar refractivity (Wildman–Crippen MR) is 209 cm³/mol. The highest BCUT2D eigenvalue weighted by atomic mass is 35.5. The van der Waals surface area contributed by atoms with Gasteiger partial charge in [-0.3, -0.25) is 34.2 Å². The monoisotopic (exact) mass is 775 g/mol. The Labute approximate surface area is 331 Å². The molecular formula is C43H46ClN7O5. The van der Waals surface area contributed by atoms with Crippen LogP contribution in [0.5, 0.6) is 0 Å².